The monoisotopic (exact) mass is 882 g/mol. The molecule has 1 aromatic carbocycles. The highest BCUT2D eigenvalue weighted by atomic mass is 32.1. The normalized spacial score (nSPS) is 17.8. The van der Waals surface area contributed by atoms with Crippen LogP contribution in [0.1, 0.15) is 74.9 Å². The molecule has 60 heavy (non-hydrogen) atoms. The fourth-order valence-corrected chi connectivity index (χ4v) is 13.0. The number of likely N-dealkylation sites (tertiary alicyclic amines) is 2. The number of benzene rings is 1. The van der Waals surface area contributed by atoms with E-state index >= 15 is 0 Å². The van der Waals surface area contributed by atoms with Gasteiger partial charge in [0.25, 0.3) is 5.91 Å². The summed E-state index contributed by atoms with van der Waals surface area (Å²) >= 11 is 6.94. The van der Waals surface area contributed by atoms with Crippen LogP contribution in [0.5, 0.6) is 0 Å². The number of carbonyl (C=O) groups is 4. The highest BCUT2D eigenvalue weighted by Crippen LogP contribution is 2.47. The van der Waals surface area contributed by atoms with Gasteiger partial charge in [0, 0.05) is 41.6 Å². The first kappa shape index (κ1) is 39.9. The first-order valence-electron chi connectivity index (χ1n) is 19.7. The van der Waals surface area contributed by atoms with E-state index in [4.69, 9.17) is 9.72 Å². The molecule has 4 amide bonds. The summed E-state index contributed by atoms with van der Waals surface area (Å²) < 4.78 is 9.61. The Morgan fingerprint density at radius 3 is 1.70 bits per heavy atom. The molecule has 0 radical (unpaired) electrons. The average molecular weight is 883 g/mol. The molecule has 6 aromatic heterocycles. The molecule has 0 aliphatic carbocycles. The van der Waals surface area contributed by atoms with Crippen LogP contribution in [0.25, 0.3) is 49.7 Å². The van der Waals surface area contributed by atoms with Crippen molar-refractivity contribution < 1.29 is 29.0 Å². The maximum absolute atomic E-state index is 13.9. The molecule has 7 aromatic rings. The number of rotatable bonds is 11. The quantitative estimate of drug-likeness (QED) is 0.0851. The highest BCUT2D eigenvalue weighted by Gasteiger charge is 2.39. The van der Waals surface area contributed by atoms with E-state index in [1.807, 2.05) is 56.6 Å². The summed E-state index contributed by atoms with van der Waals surface area (Å²) in [4.78, 5) is 75.5. The lowest BCUT2D eigenvalue weighted by Gasteiger charge is -2.29. The number of alkyl carbamates (subject to hydrolysis) is 1. The van der Waals surface area contributed by atoms with Crippen LogP contribution in [-0.2, 0) is 14.3 Å². The van der Waals surface area contributed by atoms with E-state index in [2.05, 4.69) is 49.9 Å². The number of imidazole rings is 2. The van der Waals surface area contributed by atoms with Crippen molar-refractivity contribution in [1.29, 1.82) is 0 Å². The van der Waals surface area contributed by atoms with Gasteiger partial charge < -0.3 is 40.2 Å². The molecular weight excluding hydrogens is 841 g/mol. The lowest BCUT2D eigenvalue weighted by Crippen LogP contribution is -2.50. The second kappa shape index (κ2) is 16.5. The second-order valence-electron chi connectivity index (χ2n) is 15.3. The van der Waals surface area contributed by atoms with Gasteiger partial charge in [-0.1, -0.05) is 44.2 Å². The minimum Gasteiger partial charge on any atom is -0.465 e. The maximum Gasteiger partial charge on any atom is 0.407 e. The van der Waals surface area contributed by atoms with Crippen LogP contribution in [0.4, 0.5) is 9.59 Å². The number of amides is 4. The summed E-state index contributed by atoms with van der Waals surface area (Å²) in [6.45, 7) is 4.81. The highest BCUT2D eigenvalue weighted by molar-refractivity contribution is 7.35. The third kappa shape index (κ3) is 7.68. The zero-order chi connectivity index (χ0) is 41.7. The molecule has 0 spiro atoms. The number of carboxylic acid groups (broad SMARTS) is 1. The van der Waals surface area contributed by atoms with E-state index in [-0.39, 0.29) is 29.8 Å². The first-order valence-corrected chi connectivity index (χ1v) is 23.0. The average Bonchev–Trinajstić information content (AvgIpc) is 4.07. The van der Waals surface area contributed by atoms with Gasteiger partial charge >= 0.3 is 12.2 Å². The van der Waals surface area contributed by atoms with Crippen molar-refractivity contribution in [3.05, 3.63) is 84.2 Å². The molecule has 2 aliphatic rings. The standard InChI is InChI=1S/C42H42N8O6S4/c1-21(2)35(47-41(53)54)39(51)49-13-7-11-25(49)37-43-19-23(45-37)27-15-29-31(57-27)17-33(59-29)34-18-32-30(60-34)16-28(58-32)24-20-44-38(46-24)26-12-8-14-50(26)40(52)36(48-42(55)56-3)22-9-5-4-6-10-22/h4-6,9-10,15-21,25-26,35-36,47H,7-8,11-14H2,1-3H3,(H,43,45)(H,44,46)(H,48,55)(H,53,54)/t25-,26?,35-,36+/m0/s1. The zero-order valence-electron chi connectivity index (χ0n) is 32.9. The SMILES string of the molecule is COC(=O)N[C@@H](C(=O)N1CCCC1c1ncc(-c2cc3sc(-c4cc5sc(-c6cnc([C@@H]7CCCN7C(=O)[C@@H](NC(=O)O)C(C)C)[nH]6)cc5s4)cc3s2)[nH]1)c1ccccc1. The van der Waals surface area contributed by atoms with Crippen LogP contribution in [0, 0.1) is 5.92 Å². The van der Waals surface area contributed by atoms with Gasteiger partial charge in [-0.3, -0.25) is 9.59 Å². The Morgan fingerprint density at radius 2 is 1.22 bits per heavy atom. The Hall–Kier alpha value is -5.56. The molecule has 14 nitrogen and oxygen atoms in total. The molecule has 18 heteroatoms. The number of H-pyrrole nitrogens is 2. The third-order valence-corrected chi connectivity index (χ3v) is 16.0. The smallest absolute Gasteiger partial charge is 0.407 e. The molecule has 9 rings (SSSR count). The Labute approximate surface area is 360 Å². The number of methoxy groups -OCH3 is 1. The molecule has 8 heterocycles. The van der Waals surface area contributed by atoms with E-state index in [1.54, 1.807) is 55.1 Å². The molecule has 2 fully saturated rings. The molecule has 0 bridgehead atoms. The molecule has 2 saturated heterocycles. The first-order chi connectivity index (χ1) is 29.0. The fraction of sp³-hybridized carbons (Fsp3) is 0.333. The van der Waals surface area contributed by atoms with Crippen molar-refractivity contribution in [1.82, 2.24) is 40.4 Å². The Kier molecular flexibility index (Phi) is 11.0. The number of nitrogens with zero attached hydrogens (tertiary/aromatic N) is 4. The Bertz CT molecular complexity index is 2650. The van der Waals surface area contributed by atoms with Crippen molar-refractivity contribution in [3.8, 4) is 30.9 Å². The maximum atomic E-state index is 13.9. The number of thiophene rings is 4. The van der Waals surface area contributed by atoms with Gasteiger partial charge in [-0.05, 0) is 61.4 Å². The van der Waals surface area contributed by atoms with E-state index in [9.17, 15) is 24.3 Å². The third-order valence-electron chi connectivity index (χ3n) is 11.1. The number of hydrogen-bond acceptors (Lipinski definition) is 11. The number of nitrogens with one attached hydrogen (secondary N) is 4. The van der Waals surface area contributed by atoms with Crippen molar-refractivity contribution in [3.63, 3.8) is 0 Å². The van der Waals surface area contributed by atoms with Crippen LogP contribution in [0.3, 0.4) is 0 Å². The fourth-order valence-electron chi connectivity index (χ4n) is 8.17. The molecule has 5 N–H and O–H groups in total. The van der Waals surface area contributed by atoms with Crippen LogP contribution < -0.4 is 10.6 Å². The van der Waals surface area contributed by atoms with E-state index in [1.165, 1.54) is 35.7 Å². The predicted octanol–water partition coefficient (Wildman–Crippen LogP) is 9.40. The van der Waals surface area contributed by atoms with Gasteiger partial charge in [0.15, 0.2) is 0 Å². The molecule has 4 atom stereocenters. The number of aromatic amines is 2. The zero-order valence-corrected chi connectivity index (χ0v) is 36.2. The van der Waals surface area contributed by atoms with Crippen molar-refractivity contribution in [2.45, 2.75) is 63.7 Å². The Balaban J connectivity index is 0.881. The minimum atomic E-state index is -1.21. The largest absolute Gasteiger partial charge is 0.465 e. The van der Waals surface area contributed by atoms with Crippen molar-refractivity contribution in [2.75, 3.05) is 20.2 Å². The summed E-state index contributed by atoms with van der Waals surface area (Å²) in [5, 5.41) is 14.4. The summed E-state index contributed by atoms with van der Waals surface area (Å²) in [7, 11) is 1.29. The topological polar surface area (TPSA) is 186 Å². The number of carbonyl (C=O) groups excluding carboxylic acids is 3. The van der Waals surface area contributed by atoms with Crippen molar-refractivity contribution in [2.24, 2.45) is 5.92 Å². The number of ether oxygens (including phenoxy) is 1. The molecular formula is C42H42N8O6S4. The van der Waals surface area contributed by atoms with Gasteiger partial charge in [0.2, 0.25) is 5.91 Å². The molecule has 2 aliphatic heterocycles. The van der Waals surface area contributed by atoms with E-state index in [0.717, 1.165) is 52.6 Å². The van der Waals surface area contributed by atoms with Crippen LogP contribution >= 0.6 is 45.3 Å². The molecule has 0 saturated carbocycles. The lowest BCUT2D eigenvalue weighted by atomic mass is 10.0. The second-order valence-corrected chi connectivity index (χ2v) is 19.6. The van der Waals surface area contributed by atoms with Gasteiger partial charge in [0.05, 0.1) is 52.7 Å². The van der Waals surface area contributed by atoms with Crippen molar-refractivity contribution >= 4 is 88.1 Å². The van der Waals surface area contributed by atoms with E-state index in [0.29, 0.717) is 24.5 Å². The number of hydrogen-bond donors (Lipinski definition) is 5. The number of fused-ring (bicyclic) bond motifs is 2. The van der Waals surface area contributed by atoms with Gasteiger partial charge in [-0.2, -0.15) is 0 Å². The minimum absolute atomic E-state index is 0.181. The van der Waals surface area contributed by atoms with Crippen LogP contribution in [-0.4, -0.2) is 85.1 Å². The summed E-state index contributed by atoms with van der Waals surface area (Å²) in [5.41, 5.74) is 2.49. The molecule has 310 valence electrons. The summed E-state index contributed by atoms with van der Waals surface area (Å²) in [6, 6.07) is 15.9. The lowest BCUT2D eigenvalue weighted by molar-refractivity contribution is -0.135. The molecule has 1 unspecified atom stereocenters. The van der Waals surface area contributed by atoms with Crippen LogP contribution in [0.15, 0.2) is 67.0 Å². The Morgan fingerprint density at radius 1 is 0.733 bits per heavy atom. The van der Waals surface area contributed by atoms with Crippen LogP contribution in [0.2, 0.25) is 0 Å². The summed E-state index contributed by atoms with van der Waals surface area (Å²) in [6.07, 6.45) is 4.97. The predicted molar refractivity (Wildman–Crippen MR) is 235 cm³/mol. The summed E-state index contributed by atoms with van der Waals surface area (Å²) in [5.74, 6) is 0.840. The number of aromatic nitrogens is 4. The van der Waals surface area contributed by atoms with E-state index < -0.39 is 24.3 Å². The van der Waals surface area contributed by atoms with Gasteiger partial charge in [-0.25, -0.2) is 19.6 Å². The van der Waals surface area contributed by atoms with Gasteiger partial charge in [-0.15, -0.1) is 45.3 Å². The van der Waals surface area contributed by atoms with Gasteiger partial charge in [0.1, 0.15) is 23.7 Å².